The molecular weight excluding hydrogens is 423 g/mol. The van der Waals surface area contributed by atoms with E-state index in [1.54, 1.807) is 6.07 Å². The maximum absolute atomic E-state index is 13.4. The standard InChI is InChI=1S/C23H32F3N3O3/c1-21(2)15-22(5-7-28(8-6-22)20(30)31)16-29(21)14-17-3-4-18(23(24,25)26)13-19(17)27-9-11-32-12-10-27/h3-4,13H,5-12,14-16H2,1-2H3,(H,30,31). The number of carboxylic acid groups (broad SMARTS) is 1. The van der Waals surface area contributed by atoms with Crippen LogP contribution in [0, 0.1) is 5.41 Å². The number of hydrogen-bond donors (Lipinski definition) is 1. The number of benzene rings is 1. The number of ether oxygens (including phenoxy) is 1. The Hall–Kier alpha value is -2.00. The quantitative estimate of drug-likeness (QED) is 0.737. The van der Waals surface area contributed by atoms with Crippen LogP contribution in [0.3, 0.4) is 0 Å². The molecule has 6 nitrogen and oxygen atoms in total. The number of anilines is 1. The van der Waals surface area contributed by atoms with Gasteiger partial charge in [0, 0.05) is 50.5 Å². The molecule has 0 unspecified atom stereocenters. The van der Waals surface area contributed by atoms with Crippen molar-refractivity contribution in [2.24, 2.45) is 5.41 Å². The molecule has 0 aromatic heterocycles. The summed E-state index contributed by atoms with van der Waals surface area (Å²) in [5.41, 5.74) is 0.853. The topological polar surface area (TPSA) is 56.3 Å². The third-order valence-corrected chi connectivity index (χ3v) is 7.41. The summed E-state index contributed by atoms with van der Waals surface area (Å²) in [4.78, 5) is 17.1. The van der Waals surface area contributed by atoms with Gasteiger partial charge in [0.15, 0.2) is 0 Å². The van der Waals surface area contributed by atoms with Gasteiger partial charge < -0.3 is 19.6 Å². The molecule has 3 aliphatic rings. The van der Waals surface area contributed by atoms with Crippen molar-refractivity contribution in [2.75, 3.05) is 50.8 Å². The number of alkyl halides is 3. The summed E-state index contributed by atoms with van der Waals surface area (Å²) in [6, 6.07) is 4.09. The lowest BCUT2D eigenvalue weighted by Gasteiger charge is -2.38. The highest BCUT2D eigenvalue weighted by atomic mass is 19.4. The number of carbonyl (C=O) groups is 1. The molecule has 32 heavy (non-hydrogen) atoms. The largest absolute Gasteiger partial charge is 0.465 e. The minimum Gasteiger partial charge on any atom is -0.465 e. The van der Waals surface area contributed by atoms with E-state index in [0.29, 0.717) is 51.6 Å². The Labute approximate surface area is 186 Å². The second-order valence-electron chi connectivity index (χ2n) is 10.1. The van der Waals surface area contributed by atoms with E-state index in [4.69, 9.17) is 4.74 Å². The first-order valence-corrected chi connectivity index (χ1v) is 11.2. The second-order valence-corrected chi connectivity index (χ2v) is 10.1. The molecule has 0 atom stereocenters. The number of rotatable bonds is 3. The van der Waals surface area contributed by atoms with Gasteiger partial charge in [-0.2, -0.15) is 13.2 Å². The zero-order valence-corrected chi connectivity index (χ0v) is 18.7. The fourth-order valence-electron chi connectivity index (χ4n) is 5.66. The number of nitrogens with zero attached hydrogens (tertiary/aromatic N) is 3. The lowest BCUT2D eigenvalue weighted by molar-refractivity contribution is -0.137. The first-order valence-electron chi connectivity index (χ1n) is 11.2. The molecule has 3 aliphatic heterocycles. The Kier molecular flexibility index (Phi) is 6.09. The Bertz CT molecular complexity index is 845. The lowest BCUT2D eigenvalue weighted by atomic mass is 9.74. The summed E-state index contributed by atoms with van der Waals surface area (Å²) in [7, 11) is 0. The normalized spacial score (nSPS) is 23.7. The first-order chi connectivity index (χ1) is 15.0. The highest BCUT2D eigenvalue weighted by molar-refractivity contribution is 5.65. The highest BCUT2D eigenvalue weighted by Crippen LogP contribution is 2.49. The molecule has 0 bridgehead atoms. The van der Waals surface area contributed by atoms with Gasteiger partial charge in [0.05, 0.1) is 18.8 Å². The van der Waals surface area contributed by atoms with E-state index in [1.165, 1.54) is 17.0 Å². The van der Waals surface area contributed by atoms with Crippen molar-refractivity contribution in [3.05, 3.63) is 29.3 Å². The smallest absolute Gasteiger partial charge is 0.416 e. The third kappa shape index (κ3) is 4.69. The summed E-state index contributed by atoms with van der Waals surface area (Å²) < 4.78 is 45.7. The minimum atomic E-state index is -4.38. The average molecular weight is 456 g/mol. The van der Waals surface area contributed by atoms with E-state index in [-0.39, 0.29) is 11.0 Å². The number of likely N-dealkylation sites (tertiary alicyclic amines) is 2. The van der Waals surface area contributed by atoms with E-state index >= 15 is 0 Å². The lowest BCUT2D eigenvalue weighted by Crippen LogP contribution is -2.43. The Morgan fingerprint density at radius 1 is 1.12 bits per heavy atom. The van der Waals surface area contributed by atoms with Gasteiger partial charge in [-0.25, -0.2) is 4.79 Å². The number of amides is 1. The predicted molar refractivity (Wildman–Crippen MR) is 115 cm³/mol. The van der Waals surface area contributed by atoms with Crippen LogP contribution in [0.15, 0.2) is 18.2 Å². The predicted octanol–water partition coefficient (Wildman–Crippen LogP) is 4.29. The van der Waals surface area contributed by atoms with Crippen LogP contribution >= 0.6 is 0 Å². The maximum Gasteiger partial charge on any atom is 0.416 e. The van der Waals surface area contributed by atoms with Gasteiger partial charge >= 0.3 is 12.3 Å². The number of hydrogen-bond acceptors (Lipinski definition) is 4. The molecule has 1 spiro atoms. The molecule has 1 N–H and O–H groups in total. The minimum absolute atomic E-state index is 0.0560. The van der Waals surface area contributed by atoms with Gasteiger partial charge in [0.1, 0.15) is 0 Å². The summed E-state index contributed by atoms with van der Waals surface area (Å²) in [5, 5.41) is 9.27. The van der Waals surface area contributed by atoms with Crippen molar-refractivity contribution >= 4 is 11.8 Å². The van der Waals surface area contributed by atoms with Crippen molar-refractivity contribution in [1.82, 2.24) is 9.80 Å². The average Bonchev–Trinajstić information content (AvgIpc) is 2.97. The third-order valence-electron chi connectivity index (χ3n) is 7.41. The summed E-state index contributed by atoms with van der Waals surface area (Å²) in [6.45, 7) is 9.02. The number of piperidine rings is 1. The molecule has 0 radical (unpaired) electrons. The van der Waals surface area contributed by atoms with Crippen LogP contribution in [0.5, 0.6) is 0 Å². The van der Waals surface area contributed by atoms with Crippen LogP contribution in [-0.4, -0.2) is 72.5 Å². The highest BCUT2D eigenvalue weighted by Gasteiger charge is 2.49. The molecule has 3 saturated heterocycles. The molecule has 9 heteroatoms. The molecule has 4 rings (SSSR count). The second kappa shape index (κ2) is 8.41. The van der Waals surface area contributed by atoms with Crippen LogP contribution in [0.1, 0.15) is 44.2 Å². The molecule has 3 heterocycles. The van der Waals surface area contributed by atoms with E-state index in [1.807, 2.05) is 4.90 Å². The van der Waals surface area contributed by atoms with Crippen LogP contribution in [0.2, 0.25) is 0 Å². The maximum atomic E-state index is 13.4. The first kappa shape index (κ1) is 23.2. The molecule has 1 aromatic carbocycles. The summed E-state index contributed by atoms with van der Waals surface area (Å²) in [6.07, 6.45) is -2.64. The fraction of sp³-hybridized carbons (Fsp3) is 0.696. The zero-order valence-electron chi connectivity index (χ0n) is 18.7. The van der Waals surface area contributed by atoms with Crippen molar-refractivity contribution < 1.29 is 27.8 Å². The molecular formula is C23H32F3N3O3. The van der Waals surface area contributed by atoms with Crippen LogP contribution in [0.4, 0.5) is 23.7 Å². The van der Waals surface area contributed by atoms with Gasteiger partial charge in [-0.3, -0.25) is 4.90 Å². The SMILES string of the molecule is CC1(C)CC2(CCN(C(=O)O)CC2)CN1Cc1ccc(C(F)(F)F)cc1N1CCOCC1. The van der Waals surface area contributed by atoms with Gasteiger partial charge in [0.25, 0.3) is 0 Å². The number of morpholine rings is 1. The monoisotopic (exact) mass is 455 g/mol. The van der Waals surface area contributed by atoms with Gasteiger partial charge in [-0.05, 0) is 56.2 Å². The van der Waals surface area contributed by atoms with E-state index in [2.05, 4.69) is 18.7 Å². The van der Waals surface area contributed by atoms with E-state index < -0.39 is 17.8 Å². The van der Waals surface area contributed by atoms with Crippen LogP contribution in [0.25, 0.3) is 0 Å². The van der Waals surface area contributed by atoms with Gasteiger partial charge in [-0.1, -0.05) is 6.07 Å². The Morgan fingerprint density at radius 3 is 2.38 bits per heavy atom. The van der Waals surface area contributed by atoms with Crippen molar-refractivity contribution in [1.29, 1.82) is 0 Å². The van der Waals surface area contributed by atoms with E-state index in [0.717, 1.165) is 31.4 Å². The van der Waals surface area contributed by atoms with Crippen molar-refractivity contribution in [2.45, 2.75) is 51.4 Å². The van der Waals surface area contributed by atoms with Crippen LogP contribution in [-0.2, 0) is 17.5 Å². The van der Waals surface area contributed by atoms with Crippen molar-refractivity contribution in [3.8, 4) is 0 Å². The van der Waals surface area contributed by atoms with E-state index in [9.17, 15) is 23.1 Å². The van der Waals surface area contributed by atoms with Crippen molar-refractivity contribution in [3.63, 3.8) is 0 Å². The summed E-state index contributed by atoms with van der Waals surface area (Å²) in [5.74, 6) is 0. The van der Waals surface area contributed by atoms with Gasteiger partial charge in [0.2, 0.25) is 0 Å². The zero-order chi connectivity index (χ0) is 23.1. The molecule has 1 amide bonds. The molecule has 178 valence electrons. The van der Waals surface area contributed by atoms with Crippen LogP contribution < -0.4 is 4.90 Å². The molecule has 1 aromatic rings. The van der Waals surface area contributed by atoms with Gasteiger partial charge in [-0.15, -0.1) is 0 Å². The Balaban J connectivity index is 1.57. The fourth-order valence-corrected chi connectivity index (χ4v) is 5.66. The summed E-state index contributed by atoms with van der Waals surface area (Å²) >= 11 is 0. The molecule has 3 fully saturated rings. The Morgan fingerprint density at radius 2 is 1.78 bits per heavy atom. The molecule has 0 aliphatic carbocycles. The molecule has 0 saturated carbocycles. The number of halogens is 3.